The standard InChI is InChI=1S/C24H26O14/c1-33-10-5-4-8(6-9(10)26)19-23(38-24-17(31)16(30)13(27)11(7-25)36-24)15(29)12-14(28)21(34-2)18(32)22(35-3)20(12)37-19/h4-6,11,13,16-17,24-28,30-32H,7H2,1-3H3/t11-,13-,16-,17-,24+/m1/s1. The first kappa shape index (κ1) is 27.1. The minimum absolute atomic E-state index is 0.0405. The number of hydrogen-bond acceptors (Lipinski definition) is 14. The van der Waals surface area contributed by atoms with Gasteiger partial charge < -0.3 is 63.8 Å². The molecule has 0 amide bonds. The Kier molecular flexibility index (Phi) is 7.44. The summed E-state index contributed by atoms with van der Waals surface area (Å²) in [6, 6.07) is 3.91. The first-order valence-corrected chi connectivity index (χ1v) is 11.1. The molecule has 0 aliphatic carbocycles. The van der Waals surface area contributed by atoms with E-state index in [0.717, 1.165) is 7.11 Å². The maximum atomic E-state index is 13.8. The van der Waals surface area contributed by atoms with Crippen molar-refractivity contribution < 1.29 is 63.8 Å². The Morgan fingerprint density at radius 3 is 2.13 bits per heavy atom. The van der Waals surface area contributed by atoms with E-state index < -0.39 is 76.7 Å². The van der Waals surface area contributed by atoms with Gasteiger partial charge in [0, 0.05) is 5.56 Å². The van der Waals surface area contributed by atoms with Gasteiger partial charge in [0.1, 0.15) is 29.8 Å². The zero-order valence-electron chi connectivity index (χ0n) is 20.3. The molecule has 2 heterocycles. The molecule has 14 nitrogen and oxygen atoms in total. The Hall–Kier alpha value is -3.95. The van der Waals surface area contributed by atoms with Crippen LogP contribution < -0.4 is 24.4 Å². The van der Waals surface area contributed by atoms with Crippen molar-refractivity contribution in [2.45, 2.75) is 30.7 Å². The van der Waals surface area contributed by atoms with E-state index in [-0.39, 0.29) is 28.6 Å². The maximum Gasteiger partial charge on any atom is 0.239 e. The fourth-order valence-electron chi connectivity index (χ4n) is 4.12. The second-order valence-corrected chi connectivity index (χ2v) is 8.26. The van der Waals surface area contributed by atoms with Gasteiger partial charge in [0.05, 0.1) is 27.9 Å². The third kappa shape index (κ3) is 4.27. The second kappa shape index (κ2) is 10.4. The molecular weight excluding hydrogens is 512 g/mol. The largest absolute Gasteiger partial charge is 0.504 e. The lowest BCUT2D eigenvalue weighted by Crippen LogP contribution is -2.60. The summed E-state index contributed by atoms with van der Waals surface area (Å²) < 4.78 is 32.1. The summed E-state index contributed by atoms with van der Waals surface area (Å²) in [7, 11) is 3.62. The second-order valence-electron chi connectivity index (χ2n) is 8.26. The predicted octanol–water partition coefficient (Wildman–Crippen LogP) is -0.219. The van der Waals surface area contributed by atoms with Gasteiger partial charge in [-0.15, -0.1) is 0 Å². The number of aromatic hydroxyl groups is 3. The van der Waals surface area contributed by atoms with Gasteiger partial charge in [0.2, 0.25) is 34.7 Å². The van der Waals surface area contributed by atoms with E-state index in [2.05, 4.69) is 0 Å². The molecule has 0 bridgehead atoms. The summed E-state index contributed by atoms with van der Waals surface area (Å²) in [6.45, 7) is -0.759. The number of methoxy groups -OCH3 is 3. The molecule has 2 aromatic carbocycles. The lowest BCUT2D eigenvalue weighted by Gasteiger charge is -2.39. The van der Waals surface area contributed by atoms with Gasteiger partial charge >= 0.3 is 0 Å². The highest BCUT2D eigenvalue weighted by molar-refractivity contribution is 5.96. The number of aliphatic hydroxyl groups excluding tert-OH is 4. The molecule has 0 saturated carbocycles. The molecule has 5 atom stereocenters. The molecule has 0 spiro atoms. The third-order valence-electron chi connectivity index (χ3n) is 6.09. The molecule has 1 fully saturated rings. The SMILES string of the molecule is COc1ccc(-c2oc3c(OC)c(O)c(OC)c(O)c3c(=O)c2O[C@@H]2O[C@H](CO)[C@@H](O)[C@@H](O)[C@H]2O)cc1O. The molecule has 0 radical (unpaired) electrons. The van der Waals surface area contributed by atoms with Crippen molar-refractivity contribution >= 4 is 11.0 Å². The number of fused-ring (bicyclic) bond motifs is 1. The van der Waals surface area contributed by atoms with Gasteiger partial charge in [-0.1, -0.05) is 0 Å². The summed E-state index contributed by atoms with van der Waals surface area (Å²) in [4.78, 5) is 13.8. The van der Waals surface area contributed by atoms with Crippen LogP contribution in [0.2, 0.25) is 0 Å². The van der Waals surface area contributed by atoms with Crippen molar-refractivity contribution in [1.29, 1.82) is 0 Å². The summed E-state index contributed by atoms with van der Waals surface area (Å²) in [6.07, 6.45) is -8.57. The van der Waals surface area contributed by atoms with Crippen LogP contribution in [0, 0.1) is 0 Å². The van der Waals surface area contributed by atoms with Crippen LogP contribution in [-0.2, 0) is 4.74 Å². The van der Waals surface area contributed by atoms with Crippen molar-refractivity contribution in [1.82, 2.24) is 0 Å². The molecular formula is C24H26O14. The quantitative estimate of drug-likeness (QED) is 0.207. The Morgan fingerprint density at radius 1 is 0.868 bits per heavy atom. The van der Waals surface area contributed by atoms with Crippen LogP contribution in [0.25, 0.3) is 22.3 Å². The average molecular weight is 538 g/mol. The number of ether oxygens (including phenoxy) is 5. The fraction of sp³-hybridized carbons (Fsp3) is 0.375. The van der Waals surface area contributed by atoms with E-state index in [1.807, 2.05) is 0 Å². The van der Waals surface area contributed by atoms with Crippen molar-refractivity contribution in [2.24, 2.45) is 0 Å². The van der Waals surface area contributed by atoms with Gasteiger partial charge in [0.25, 0.3) is 0 Å². The Bertz CT molecular complexity index is 1400. The van der Waals surface area contributed by atoms with Crippen LogP contribution in [0.4, 0.5) is 0 Å². The molecule has 14 heteroatoms. The average Bonchev–Trinajstić information content (AvgIpc) is 2.90. The molecule has 7 N–H and O–H groups in total. The van der Waals surface area contributed by atoms with Crippen molar-refractivity contribution in [3.8, 4) is 51.6 Å². The smallest absolute Gasteiger partial charge is 0.239 e. The summed E-state index contributed by atoms with van der Waals surface area (Å²) >= 11 is 0. The summed E-state index contributed by atoms with van der Waals surface area (Å²) in [5.41, 5.74) is -1.43. The van der Waals surface area contributed by atoms with Crippen LogP contribution in [0.1, 0.15) is 0 Å². The topological polar surface area (TPSA) is 218 Å². The van der Waals surface area contributed by atoms with Crippen molar-refractivity contribution in [3.05, 3.63) is 28.4 Å². The highest BCUT2D eigenvalue weighted by Gasteiger charge is 2.45. The molecule has 1 aliphatic heterocycles. The highest BCUT2D eigenvalue weighted by atomic mass is 16.7. The molecule has 38 heavy (non-hydrogen) atoms. The number of benzene rings is 2. The first-order chi connectivity index (χ1) is 18.1. The summed E-state index contributed by atoms with van der Waals surface area (Å²) in [5.74, 6) is -3.67. The van der Waals surface area contributed by atoms with Crippen LogP contribution in [0.5, 0.6) is 40.2 Å². The third-order valence-corrected chi connectivity index (χ3v) is 6.09. The van der Waals surface area contributed by atoms with Crippen molar-refractivity contribution in [2.75, 3.05) is 27.9 Å². The van der Waals surface area contributed by atoms with Crippen LogP contribution in [-0.4, -0.2) is 94.4 Å². The van der Waals surface area contributed by atoms with Crippen LogP contribution >= 0.6 is 0 Å². The molecule has 0 unspecified atom stereocenters. The molecule has 1 aliphatic rings. The minimum Gasteiger partial charge on any atom is -0.504 e. The minimum atomic E-state index is -1.89. The molecule has 206 valence electrons. The molecule has 1 aromatic heterocycles. The number of phenols is 3. The lowest BCUT2D eigenvalue weighted by molar-refractivity contribution is -0.277. The number of hydrogen-bond donors (Lipinski definition) is 7. The zero-order valence-corrected chi connectivity index (χ0v) is 20.3. The van der Waals surface area contributed by atoms with Gasteiger partial charge in [-0.25, -0.2) is 0 Å². The number of rotatable bonds is 7. The van der Waals surface area contributed by atoms with Gasteiger partial charge in [-0.05, 0) is 18.2 Å². The van der Waals surface area contributed by atoms with E-state index in [0.29, 0.717) is 0 Å². The lowest BCUT2D eigenvalue weighted by atomic mass is 9.99. The molecule has 3 aromatic rings. The van der Waals surface area contributed by atoms with E-state index in [1.54, 1.807) is 0 Å². The van der Waals surface area contributed by atoms with E-state index in [9.17, 15) is 40.5 Å². The van der Waals surface area contributed by atoms with Crippen LogP contribution in [0.3, 0.4) is 0 Å². The van der Waals surface area contributed by atoms with Gasteiger partial charge in [-0.2, -0.15) is 0 Å². The fourth-order valence-corrected chi connectivity index (χ4v) is 4.12. The normalized spacial score (nSPS) is 23.3. The molecule has 4 rings (SSSR count). The Morgan fingerprint density at radius 2 is 1.55 bits per heavy atom. The molecule has 1 saturated heterocycles. The summed E-state index contributed by atoms with van der Waals surface area (Å²) in [5, 5.41) is 71.2. The first-order valence-electron chi connectivity index (χ1n) is 11.1. The Balaban J connectivity index is 2.02. The van der Waals surface area contributed by atoms with Crippen molar-refractivity contribution in [3.63, 3.8) is 0 Å². The van der Waals surface area contributed by atoms with E-state index in [1.165, 1.54) is 32.4 Å². The Labute approximate surface area is 214 Å². The van der Waals surface area contributed by atoms with Gasteiger partial charge in [-0.3, -0.25) is 4.79 Å². The van der Waals surface area contributed by atoms with E-state index >= 15 is 0 Å². The number of aliphatic hydroxyl groups is 4. The number of phenolic OH excluding ortho intramolecular Hbond substituents is 3. The van der Waals surface area contributed by atoms with E-state index in [4.69, 9.17) is 28.1 Å². The van der Waals surface area contributed by atoms with Gasteiger partial charge in [0.15, 0.2) is 28.6 Å². The zero-order chi connectivity index (χ0) is 27.9. The monoisotopic (exact) mass is 538 g/mol. The predicted molar refractivity (Wildman–Crippen MR) is 127 cm³/mol. The maximum absolute atomic E-state index is 13.8. The highest BCUT2D eigenvalue weighted by Crippen LogP contribution is 2.50. The van der Waals surface area contributed by atoms with Crippen LogP contribution in [0.15, 0.2) is 27.4 Å².